The maximum atomic E-state index is 13.3. The summed E-state index contributed by atoms with van der Waals surface area (Å²) in [7, 11) is -3.75. The number of fused-ring (bicyclic) bond motifs is 5. The minimum atomic E-state index is -3.75. The van der Waals surface area contributed by atoms with E-state index in [0.29, 0.717) is 52.7 Å². The molecule has 8 nitrogen and oxygen atoms in total. The highest BCUT2D eigenvalue weighted by Crippen LogP contribution is 2.55. The van der Waals surface area contributed by atoms with Crippen LogP contribution in [0, 0.1) is 20.8 Å². The monoisotopic (exact) mass is 565 g/mol. The van der Waals surface area contributed by atoms with Crippen molar-refractivity contribution in [3.05, 3.63) is 64.2 Å². The van der Waals surface area contributed by atoms with Gasteiger partial charge >= 0.3 is 5.97 Å². The molecule has 0 spiro atoms. The number of aliphatic carboxylic acids is 1. The van der Waals surface area contributed by atoms with E-state index in [1.54, 1.807) is 27.7 Å². The summed E-state index contributed by atoms with van der Waals surface area (Å²) in [6.07, 6.45) is -0.171. The summed E-state index contributed by atoms with van der Waals surface area (Å²) in [5, 5.41) is 10.5. The van der Waals surface area contributed by atoms with Gasteiger partial charge in [-0.3, -0.25) is 4.31 Å². The standard InChI is InChI=1S/C31H35NO7S/c1-17-8-10-20(11-9-17)23-18(2)24-26-21(12-13-22-28(26)38-15-14-37-22)16-32(40(7,35)36)27(24)19(3)25(23)29(30(33)34)39-31(4,5)6/h8-13,29H,14-16H2,1-7H3,(H,33,34)/t29-/m0/s1. The predicted octanol–water partition coefficient (Wildman–Crippen LogP) is 5.94. The van der Waals surface area contributed by atoms with Gasteiger partial charge in [0.15, 0.2) is 17.6 Å². The van der Waals surface area contributed by atoms with Crippen LogP contribution >= 0.6 is 0 Å². The average Bonchev–Trinajstić information content (AvgIpc) is 2.87. The van der Waals surface area contributed by atoms with Gasteiger partial charge < -0.3 is 19.3 Å². The van der Waals surface area contributed by atoms with Crippen LogP contribution in [0.3, 0.4) is 0 Å². The lowest BCUT2D eigenvalue weighted by Gasteiger charge is -2.38. The first-order chi connectivity index (χ1) is 18.7. The van der Waals surface area contributed by atoms with Crippen LogP contribution in [0.15, 0.2) is 36.4 Å². The maximum Gasteiger partial charge on any atom is 0.337 e. The molecule has 0 unspecified atom stereocenters. The Morgan fingerprint density at radius 1 is 0.950 bits per heavy atom. The Balaban J connectivity index is 1.97. The molecule has 0 saturated carbocycles. The molecule has 5 rings (SSSR count). The van der Waals surface area contributed by atoms with Gasteiger partial charge in [-0.1, -0.05) is 35.9 Å². The third-order valence-electron chi connectivity index (χ3n) is 7.32. The predicted molar refractivity (Wildman–Crippen MR) is 155 cm³/mol. The SMILES string of the molecule is Cc1ccc(-c2c(C)c3c(c(C)c2[C@H](OC(C)(C)C)C(=O)O)N(S(C)(=O)=O)Cc2ccc4c(c2-3)OCCO4)cc1. The first kappa shape index (κ1) is 28.0. The second-order valence-electron chi connectivity index (χ2n) is 11.5. The van der Waals surface area contributed by atoms with Crippen LogP contribution in [0.2, 0.25) is 0 Å². The maximum absolute atomic E-state index is 13.3. The molecule has 0 aliphatic carbocycles. The zero-order valence-electron chi connectivity index (χ0n) is 23.9. The number of carbonyl (C=O) groups is 1. The van der Waals surface area contributed by atoms with Gasteiger partial charge in [-0.15, -0.1) is 0 Å². The molecule has 0 fully saturated rings. The van der Waals surface area contributed by atoms with Gasteiger partial charge in [0.05, 0.1) is 24.1 Å². The lowest BCUT2D eigenvalue weighted by Crippen LogP contribution is -2.35. The van der Waals surface area contributed by atoms with Gasteiger partial charge in [-0.2, -0.15) is 0 Å². The molecule has 3 aromatic rings. The van der Waals surface area contributed by atoms with Gasteiger partial charge in [-0.25, -0.2) is 13.2 Å². The normalized spacial score (nSPS) is 15.3. The fourth-order valence-corrected chi connectivity index (χ4v) is 6.64. The number of hydrogen-bond donors (Lipinski definition) is 1. The number of hydrogen-bond acceptors (Lipinski definition) is 6. The summed E-state index contributed by atoms with van der Waals surface area (Å²) in [4.78, 5) is 12.8. The zero-order chi connectivity index (χ0) is 29.1. The molecule has 0 radical (unpaired) electrons. The van der Waals surface area contributed by atoms with Crippen LogP contribution in [0.25, 0.3) is 22.3 Å². The van der Waals surface area contributed by atoms with Crippen molar-refractivity contribution in [2.45, 2.75) is 59.8 Å². The van der Waals surface area contributed by atoms with Crippen LogP contribution in [0.4, 0.5) is 5.69 Å². The van der Waals surface area contributed by atoms with Crippen LogP contribution in [-0.4, -0.2) is 44.6 Å². The summed E-state index contributed by atoms with van der Waals surface area (Å²) in [5.41, 5.74) is 6.17. The number of sulfonamides is 1. The molecular formula is C31H35NO7S. The Bertz CT molecular complexity index is 1620. The van der Waals surface area contributed by atoms with Crippen LogP contribution in [0.5, 0.6) is 11.5 Å². The summed E-state index contributed by atoms with van der Waals surface area (Å²) < 4.78 is 46.1. The van der Waals surface area contributed by atoms with Gasteiger partial charge in [-0.05, 0) is 75.4 Å². The molecule has 3 aromatic carbocycles. The highest BCUT2D eigenvalue weighted by atomic mass is 32.2. The smallest absolute Gasteiger partial charge is 0.337 e. The third-order valence-corrected chi connectivity index (χ3v) is 8.43. The molecule has 2 heterocycles. The van der Waals surface area contributed by atoms with Crippen LogP contribution in [0.1, 0.15) is 54.7 Å². The fourth-order valence-electron chi connectivity index (χ4n) is 5.71. The number of anilines is 1. The molecule has 0 amide bonds. The van der Waals surface area contributed by atoms with E-state index < -0.39 is 27.7 Å². The van der Waals surface area contributed by atoms with Crippen LogP contribution in [-0.2, 0) is 26.1 Å². The Hall–Kier alpha value is -3.56. The molecule has 1 N–H and O–H groups in total. The highest BCUT2D eigenvalue weighted by molar-refractivity contribution is 7.92. The van der Waals surface area contributed by atoms with Crippen molar-refractivity contribution in [1.29, 1.82) is 0 Å². The molecule has 40 heavy (non-hydrogen) atoms. The number of ether oxygens (including phenoxy) is 3. The molecule has 1 atom stereocenters. The molecular weight excluding hydrogens is 530 g/mol. The fraction of sp³-hybridized carbons (Fsp3) is 0.387. The third kappa shape index (κ3) is 4.81. The van der Waals surface area contributed by atoms with E-state index in [-0.39, 0.29) is 6.54 Å². The molecule has 9 heteroatoms. The number of carboxylic acid groups (broad SMARTS) is 1. The molecule has 0 saturated heterocycles. The number of nitrogens with zero attached hydrogens (tertiary/aromatic N) is 1. The second kappa shape index (κ2) is 9.82. The van der Waals surface area contributed by atoms with Crippen molar-refractivity contribution in [2.75, 3.05) is 23.8 Å². The summed E-state index contributed by atoms with van der Waals surface area (Å²) in [5.74, 6) is 0.0206. The topological polar surface area (TPSA) is 102 Å². The number of aryl methyl sites for hydroxylation is 1. The van der Waals surface area contributed by atoms with E-state index in [1.807, 2.05) is 50.2 Å². The minimum absolute atomic E-state index is 0.0826. The van der Waals surface area contributed by atoms with Crippen molar-refractivity contribution in [3.8, 4) is 33.8 Å². The van der Waals surface area contributed by atoms with E-state index >= 15 is 0 Å². The van der Waals surface area contributed by atoms with Crippen LogP contribution < -0.4 is 13.8 Å². The first-order valence-electron chi connectivity index (χ1n) is 13.2. The van der Waals surface area contributed by atoms with Gasteiger partial charge in [0.25, 0.3) is 0 Å². The summed E-state index contributed by atoms with van der Waals surface area (Å²) >= 11 is 0. The highest BCUT2D eigenvalue weighted by Gasteiger charge is 2.40. The van der Waals surface area contributed by atoms with Gasteiger partial charge in [0.1, 0.15) is 13.2 Å². The molecule has 212 valence electrons. The molecule has 0 bridgehead atoms. The van der Waals surface area contributed by atoms with E-state index in [9.17, 15) is 18.3 Å². The molecule has 0 aromatic heterocycles. The Morgan fingerprint density at radius 2 is 1.60 bits per heavy atom. The number of benzene rings is 3. The van der Waals surface area contributed by atoms with E-state index in [4.69, 9.17) is 14.2 Å². The largest absolute Gasteiger partial charge is 0.486 e. The summed E-state index contributed by atoms with van der Waals surface area (Å²) in [6, 6.07) is 11.6. The molecule has 2 aliphatic heterocycles. The minimum Gasteiger partial charge on any atom is -0.486 e. The van der Waals surface area contributed by atoms with Crippen molar-refractivity contribution in [2.24, 2.45) is 0 Å². The Kier molecular flexibility index (Phi) is 6.87. The van der Waals surface area contributed by atoms with Crippen molar-refractivity contribution < 1.29 is 32.5 Å². The van der Waals surface area contributed by atoms with E-state index in [0.717, 1.165) is 27.8 Å². The quantitative estimate of drug-likeness (QED) is 0.409. The van der Waals surface area contributed by atoms with Gasteiger partial charge in [0, 0.05) is 16.7 Å². The number of carboxylic acids is 1. The van der Waals surface area contributed by atoms with Crippen molar-refractivity contribution in [3.63, 3.8) is 0 Å². The Morgan fingerprint density at radius 3 is 2.20 bits per heavy atom. The molecule has 2 aliphatic rings. The van der Waals surface area contributed by atoms with E-state index in [2.05, 4.69) is 0 Å². The lowest BCUT2D eigenvalue weighted by atomic mass is 9.79. The number of rotatable bonds is 5. The summed E-state index contributed by atoms with van der Waals surface area (Å²) in [6.45, 7) is 12.0. The second-order valence-corrected chi connectivity index (χ2v) is 13.4. The average molecular weight is 566 g/mol. The van der Waals surface area contributed by atoms with E-state index in [1.165, 1.54) is 10.6 Å². The lowest BCUT2D eigenvalue weighted by molar-refractivity contribution is -0.160. The Labute approximate surface area is 235 Å². The van der Waals surface area contributed by atoms with Gasteiger partial charge in [0.2, 0.25) is 10.0 Å². The van der Waals surface area contributed by atoms with Crippen molar-refractivity contribution in [1.82, 2.24) is 0 Å². The first-order valence-corrected chi connectivity index (χ1v) is 15.1. The zero-order valence-corrected chi connectivity index (χ0v) is 24.7. The van der Waals surface area contributed by atoms with Crippen molar-refractivity contribution >= 4 is 21.7 Å².